The first-order chi connectivity index (χ1) is 14.0. The Morgan fingerprint density at radius 3 is 2.77 bits per heavy atom. The number of guanidine groups is 1. The first kappa shape index (κ1) is 22.0. The van der Waals surface area contributed by atoms with Gasteiger partial charge < -0.3 is 24.6 Å². The highest BCUT2D eigenvalue weighted by Crippen LogP contribution is 2.21. The SMILES string of the molecule is CC(C)(C)OC(=O)N1CCN2C(NCc3cccnc3OCC(F)(F)F)=NCC2C1. The zero-order valence-electron chi connectivity index (χ0n) is 17.2. The summed E-state index contributed by atoms with van der Waals surface area (Å²) in [4.78, 5) is 24.4. The number of nitrogens with one attached hydrogen (secondary N) is 1. The van der Waals surface area contributed by atoms with Gasteiger partial charge >= 0.3 is 12.3 Å². The molecular formula is C19H26F3N5O3. The van der Waals surface area contributed by atoms with Crippen molar-refractivity contribution in [3.8, 4) is 5.88 Å². The number of amides is 1. The molecule has 1 N–H and O–H groups in total. The van der Waals surface area contributed by atoms with Crippen molar-refractivity contribution in [3.63, 3.8) is 0 Å². The molecule has 0 aromatic carbocycles. The van der Waals surface area contributed by atoms with Crippen molar-refractivity contribution in [1.29, 1.82) is 0 Å². The Labute approximate surface area is 173 Å². The molecule has 166 valence electrons. The summed E-state index contributed by atoms with van der Waals surface area (Å²) in [5.41, 5.74) is -0.0526. The van der Waals surface area contributed by atoms with Crippen LogP contribution in [0, 0.1) is 0 Å². The number of piperazine rings is 1. The third kappa shape index (κ3) is 5.90. The van der Waals surface area contributed by atoms with E-state index < -0.39 is 18.4 Å². The Bertz CT molecular complexity index is 794. The second-order valence-corrected chi connectivity index (χ2v) is 8.16. The van der Waals surface area contributed by atoms with Gasteiger partial charge in [-0.2, -0.15) is 13.2 Å². The number of hydrogen-bond donors (Lipinski definition) is 1. The van der Waals surface area contributed by atoms with Crippen molar-refractivity contribution in [3.05, 3.63) is 23.9 Å². The lowest BCUT2D eigenvalue weighted by Gasteiger charge is -2.39. The van der Waals surface area contributed by atoms with Crippen LogP contribution in [0.2, 0.25) is 0 Å². The second kappa shape index (κ2) is 8.57. The molecule has 1 aromatic heterocycles. The number of fused-ring (bicyclic) bond motifs is 1. The van der Waals surface area contributed by atoms with Crippen LogP contribution >= 0.6 is 0 Å². The lowest BCUT2D eigenvalue weighted by Crippen LogP contribution is -2.57. The van der Waals surface area contributed by atoms with Gasteiger partial charge in [0.2, 0.25) is 5.88 Å². The Hall–Kier alpha value is -2.72. The quantitative estimate of drug-likeness (QED) is 0.792. The lowest BCUT2D eigenvalue weighted by molar-refractivity contribution is -0.154. The van der Waals surface area contributed by atoms with E-state index in [1.807, 2.05) is 20.8 Å². The van der Waals surface area contributed by atoms with E-state index in [9.17, 15) is 18.0 Å². The fraction of sp³-hybridized carbons (Fsp3) is 0.632. The topological polar surface area (TPSA) is 79.3 Å². The number of pyridine rings is 1. The fourth-order valence-electron chi connectivity index (χ4n) is 3.24. The molecule has 3 heterocycles. The van der Waals surface area contributed by atoms with Crippen molar-refractivity contribution in [2.45, 2.75) is 45.1 Å². The molecule has 0 bridgehead atoms. The maximum atomic E-state index is 12.4. The molecule has 1 atom stereocenters. The molecule has 1 saturated heterocycles. The number of rotatable bonds is 4. The van der Waals surface area contributed by atoms with E-state index in [-0.39, 0.29) is 24.6 Å². The predicted octanol–water partition coefficient (Wildman–Crippen LogP) is 2.40. The largest absolute Gasteiger partial charge is 0.468 e. The van der Waals surface area contributed by atoms with E-state index in [1.165, 1.54) is 6.20 Å². The van der Waals surface area contributed by atoms with Crippen LogP contribution in [0.4, 0.5) is 18.0 Å². The number of alkyl halides is 3. The van der Waals surface area contributed by atoms with Crippen LogP contribution in [-0.2, 0) is 11.3 Å². The number of halogens is 3. The average molecular weight is 429 g/mol. The number of nitrogens with zero attached hydrogens (tertiary/aromatic N) is 4. The van der Waals surface area contributed by atoms with Crippen LogP contribution in [0.25, 0.3) is 0 Å². The second-order valence-electron chi connectivity index (χ2n) is 8.16. The molecule has 2 aliphatic heterocycles. The molecule has 3 rings (SSSR count). The molecule has 0 saturated carbocycles. The Morgan fingerprint density at radius 2 is 2.07 bits per heavy atom. The van der Waals surface area contributed by atoms with Crippen molar-refractivity contribution in [2.75, 3.05) is 32.8 Å². The van der Waals surface area contributed by atoms with E-state index in [0.29, 0.717) is 37.7 Å². The van der Waals surface area contributed by atoms with Crippen LogP contribution < -0.4 is 10.1 Å². The number of hydrogen-bond acceptors (Lipinski definition) is 7. The van der Waals surface area contributed by atoms with Gasteiger partial charge in [0.15, 0.2) is 12.6 Å². The maximum Gasteiger partial charge on any atom is 0.422 e. The molecule has 1 aromatic rings. The third-order valence-corrected chi connectivity index (χ3v) is 4.52. The molecule has 8 nitrogen and oxygen atoms in total. The zero-order valence-corrected chi connectivity index (χ0v) is 17.2. The lowest BCUT2D eigenvalue weighted by atomic mass is 10.2. The molecule has 2 aliphatic rings. The first-order valence-corrected chi connectivity index (χ1v) is 9.68. The first-order valence-electron chi connectivity index (χ1n) is 9.68. The van der Waals surface area contributed by atoms with Crippen LogP contribution in [-0.4, -0.2) is 77.4 Å². The number of ether oxygens (including phenoxy) is 2. The Balaban J connectivity index is 1.54. The van der Waals surface area contributed by atoms with Gasteiger partial charge in [-0.25, -0.2) is 9.78 Å². The van der Waals surface area contributed by atoms with Crippen LogP contribution in [0.5, 0.6) is 5.88 Å². The average Bonchev–Trinajstić information content (AvgIpc) is 3.05. The summed E-state index contributed by atoms with van der Waals surface area (Å²) in [6.45, 7) is 6.40. The van der Waals surface area contributed by atoms with Crippen molar-refractivity contribution < 1.29 is 27.4 Å². The third-order valence-electron chi connectivity index (χ3n) is 4.52. The van der Waals surface area contributed by atoms with Gasteiger partial charge in [0.25, 0.3) is 0 Å². The smallest absolute Gasteiger partial charge is 0.422 e. The molecule has 0 spiro atoms. The summed E-state index contributed by atoms with van der Waals surface area (Å²) in [5.74, 6) is 0.585. The normalized spacial score (nSPS) is 19.3. The predicted molar refractivity (Wildman–Crippen MR) is 103 cm³/mol. The van der Waals surface area contributed by atoms with Gasteiger partial charge in [-0.15, -0.1) is 0 Å². The highest BCUT2D eigenvalue weighted by Gasteiger charge is 2.36. The number of carbonyl (C=O) groups excluding carboxylic acids is 1. The summed E-state index contributed by atoms with van der Waals surface area (Å²) in [6.07, 6.45) is -3.39. The van der Waals surface area contributed by atoms with E-state index in [2.05, 4.69) is 20.2 Å². The van der Waals surface area contributed by atoms with Crippen molar-refractivity contribution in [2.24, 2.45) is 4.99 Å². The number of aromatic nitrogens is 1. The molecule has 11 heteroatoms. The summed E-state index contributed by atoms with van der Waals surface area (Å²) in [7, 11) is 0. The van der Waals surface area contributed by atoms with Crippen LogP contribution in [0.3, 0.4) is 0 Å². The summed E-state index contributed by atoms with van der Waals surface area (Å²) in [5, 5.41) is 3.16. The van der Waals surface area contributed by atoms with Gasteiger partial charge in [-0.05, 0) is 26.8 Å². The molecule has 30 heavy (non-hydrogen) atoms. The molecule has 1 amide bonds. The molecular weight excluding hydrogens is 403 g/mol. The van der Waals surface area contributed by atoms with Crippen molar-refractivity contribution in [1.82, 2.24) is 20.1 Å². The van der Waals surface area contributed by atoms with E-state index >= 15 is 0 Å². The number of aliphatic imine (C=N–C) groups is 1. The highest BCUT2D eigenvalue weighted by atomic mass is 19.4. The van der Waals surface area contributed by atoms with Gasteiger partial charge in [-0.1, -0.05) is 6.07 Å². The zero-order chi connectivity index (χ0) is 21.9. The molecule has 0 aliphatic carbocycles. The Morgan fingerprint density at radius 1 is 1.30 bits per heavy atom. The minimum Gasteiger partial charge on any atom is -0.468 e. The summed E-state index contributed by atoms with van der Waals surface area (Å²) >= 11 is 0. The van der Waals surface area contributed by atoms with Crippen LogP contribution in [0.1, 0.15) is 26.3 Å². The van der Waals surface area contributed by atoms with Gasteiger partial charge in [0.05, 0.1) is 12.6 Å². The van der Waals surface area contributed by atoms with E-state index in [4.69, 9.17) is 9.47 Å². The Kier molecular flexibility index (Phi) is 6.27. The molecule has 0 radical (unpaired) electrons. The van der Waals surface area contributed by atoms with Crippen LogP contribution in [0.15, 0.2) is 23.3 Å². The van der Waals surface area contributed by atoms with Crippen molar-refractivity contribution >= 4 is 12.1 Å². The minimum atomic E-state index is -4.43. The highest BCUT2D eigenvalue weighted by molar-refractivity contribution is 5.82. The standard InChI is InChI=1S/C19H26F3N5O3/c1-18(2,3)30-17(28)26-7-8-27-14(11-26)10-25-16(27)24-9-13-5-4-6-23-15(13)29-12-19(20,21)22/h4-6,14H,7-12H2,1-3H3,(H,24,25). The summed E-state index contributed by atoms with van der Waals surface area (Å²) in [6, 6.07) is 3.32. The number of carbonyl (C=O) groups is 1. The molecule has 1 unspecified atom stereocenters. The fourth-order valence-corrected chi connectivity index (χ4v) is 3.24. The van der Waals surface area contributed by atoms with Gasteiger partial charge in [0.1, 0.15) is 5.60 Å². The van der Waals surface area contributed by atoms with Gasteiger partial charge in [0, 0.05) is 37.9 Å². The minimum absolute atomic E-state index is 0.0311. The van der Waals surface area contributed by atoms with E-state index in [0.717, 1.165) is 0 Å². The monoisotopic (exact) mass is 429 g/mol. The molecule has 1 fully saturated rings. The van der Waals surface area contributed by atoms with E-state index in [1.54, 1.807) is 17.0 Å². The van der Waals surface area contributed by atoms with Gasteiger partial charge in [-0.3, -0.25) is 4.99 Å². The summed E-state index contributed by atoms with van der Waals surface area (Å²) < 4.78 is 47.6. The maximum absolute atomic E-state index is 12.4.